The third kappa shape index (κ3) is 2.66. The van der Waals surface area contributed by atoms with Crippen LogP contribution in [0.15, 0.2) is 10.7 Å². The fraction of sp³-hybridized carbons (Fsp3) is 0.600. The Labute approximate surface area is 98.0 Å². The summed E-state index contributed by atoms with van der Waals surface area (Å²) in [5, 5.41) is 4.15. The van der Waals surface area contributed by atoms with Crippen molar-refractivity contribution in [3.05, 3.63) is 16.4 Å². The molecular weight excluding hydrogens is 258 g/mol. The molecule has 84 valence electrons. The Morgan fingerprint density at radius 3 is 2.93 bits per heavy atom. The lowest BCUT2D eigenvalue weighted by Gasteiger charge is -2.10. The number of carbonyl (C=O) groups is 1. The van der Waals surface area contributed by atoms with E-state index in [9.17, 15) is 4.79 Å². The number of aryl methyl sites for hydroxylation is 1. The van der Waals surface area contributed by atoms with Gasteiger partial charge in [-0.3, -0.25) is 9.48 Å². The van der Waals surface area contributed by atoms with E-state index in [2.05, 4.69) is 28.0 Å². The van der Waals surface area contributed by atoms with Crippen molar-refractivity contribution < 1.29 is 4.79 Å². The van der Waals surface area contributed by atoms with E-state index in [0.29, 0.717) is 12.2 Å². The number of nitrogens with zero attached hydrogens (tertiary/aromatic N) is 2. The summed E-state index contributed by atoms with van der Waals surface area (Å²) in [5.74, 6) is -0.107. The lowest BCUT2D eigenvalue weighted by molar-refractivity contribution is 0.0922. The van der Waals surface area contributed by atoms with Gasteiger partial charge in [-0.05, 0) is 22.4 Å². The number of rotatable bonds is 5. The first-order valence-corrected chi connectivity index (χ1v) is 5.86. The van der Waals surface area contributed by atoms with Crippen LogP contribution in [-0.4, -0.2) is 22.1 Å². The summed E-state index contributed by atoms with van der Waals surface area (Å²) < 4.78 is 2.49. The van der Waals surface area contributed by atoms with Gasteiger partial charge in [-0.2, -0.15) is 5.10 Å². The van der Waals surface area contributed by atoms with Crippen molar-refractivity contribution in [1.82, 2.24) is 9.78 Å². The maximum absolute atomic E-state index is 12.0. The van der Waals surface area contributed by atoms with E-state index in [1.807, 2.05) is 6.92 Å². The van der Waals surface area contributed by atoms with Crippen LogP contribution >= 0.6 is 15.9 Å². The average Bonchev–Trinajstić information content (AvgIpc) is 2.58. The molecule has 1 unspecified atom stereocenters. The fourth-order valence-corrected chi connectivity index (χ4v) is 1.82. The molecule has 1 atom stereocenters. The molecule has 0 amide bonds. The standard InChI is InChI=1S/C10H16BrN3O/c1-3-4-14-9(8(11)6-13-14)10(15)7(2)5-12/h6-7H,3-5,12H2,1-2H3. The second-order valence-electron chi connectivity index (χ2n) is 3.57. The summed E-state index contributed by atoms with van der Waals surface area (Å²) in [6.45, 7) is 5.00. The molecule has 15 heavy (non-hydrogen) atoms. The quantitative estimate of drug-likeness (QED) is 0.833. The van der Waals surface area contributed by atoms with Gasteiger partial charge in [0.15, 0.2) is 5.78 Å². The number of ketones is 1. The Hall–Kier alpha value is -0.680. The highest BCUT2D eigenvalue weighted by Crippen LogP contribution is 2.19. The lowest BCUT2D eigenvalue weighted by atomic mass is 10.0. The summed E-state index contributed by atoms with van der Waals surface area (Å²) in [7, 11) is 0. The summed E-state index contributed by atoms with van der Waals surface area (Å²) in [6, 6.07) is 0. The average molecular weight is 274 g/mol. The van der Waals surface area contributed by atoms with Crippen LogP contribution in [0.2, 0.25) is 0 Å². The largest absolute Gasteiger partial charge is 0.330 e. The van der Waals surface area contributed by atoms with E-state index in [1.165, 1.54) is 0 Å². The van der Waals surface area contributed by atoms with E-state index in [-0.39, 0.29) is 11.7 Å². The van der Waals surface area contributed by atoms with Gasteiger partial charge in [0.1, 0.15) is 5.69 Å². The van der Waals surface area contributed by atoms with Crippen molar-refractivity contribution in [2.75, 3.05) is 6.54 Å². The molecule has 2 N–H and O–H groups in total. The van der Waals surface area contributed by atoms with Crippen molar-refractivity contribution in [2.45, 2.75) is 26.8 Å². The van der Waals surface area contributed by atoms with Crippen molar-refractivity contribution in [1.29, 1.82) is 0 Å². The molecule has 4 nitrogen and oxygen atoms in total. The van der Waals surface area contributed by atoms with Crippen LogP contribution in [0.4, 0.5) is 0 Å². The first-order valence-electron chi connectivity index (χ1n) is 5.07. The molecule has 0 saturated heterocycles. The SMILES string of the molecule is CCCn1ncc(Br)c1C(=O)C(C)CN. The summed E-state index contributed by atoms with van der Waals surface area (Å²) in [6.07, 6.45) is 2.61. The van der Waals surface area contributed by atoms with Gasteiger partial charge in [0.2, 0.25) is 0 Å². The van der Waals surface area contributed by atoms with E-state index in [0.717, 1.165) is 17.4 Å². The highest BCUT2D eigenvalue weighted by atomic mass is 79.9. The Bertz CT molecular complexity index is 348. The van der Waals surface area contributed by atoms with Crippen molar-refractivity contribution >= 4 is 21.7 Å². The molecule has 0 radical (unpaired) electrons. The fourth-order valence-electron chi connectivity index (χ4n) is 1.33. The van der Waals surface area contributed by atoms with Crippen molar-refractivity contribution in [2.24, 2.45) is 11.7 Å². The Balaban J connectivity index is 3.00. The normalized spacial score (nSPS) is 12.8. The Morgan fingerprint density at radius 1 is 1.73 bits per heavy atom. The van der Waals surface area contributed by atoms with E-state index in [4.69, 9.17) is 5.73 Å². The summed E-state index contributed by atoms with van der Waals surface area (Å²) >= 11 is 3.34. The van der Waals surface area contributed by atoms with Gasteiger partial charge in [-0.1, -0.05) is 13.8 Å². The number of halogens is 1. The van der Waals surface area contributed by atoms with Crippen LogP contribution < -0.4 is 5.73 Å². The molecule has 0 bridgehead atoms. The molecular formula is C10H16BrN3O. The molecule has 1 rings (SSSR count). The highest BCUT2D eigenvalue weighted by Gasteiger charge is 2.21. The second kappa shape index (κ2) is 5.42. The van der Waals surface area contributed by atoms with Gasteiger partial charge < -0.3 is 5.73 Å². The number of hydrogen-bond acceptors (Lipinski definition) is 3. The third-order valence-corrected chi connectivity index (χ3v) is 2.85. The zero-order valence-electron chi connectivity index (χ0n) is 9.03. The Morgan fingerprint density at radius 2 is 2.40 bits per heavy atom. The molecule has 0 spiro atoms. The number of carbonyl (C=O) groups excluding carboxylic acids is 1. The van der Waals surface area contributed by atoms with Gasteiger partial charge in [-0.25, -0.2) is 0 Å². The maximum atomic E-state index is 12.0. The van der Waals surface area contributed by atoms with Crippen molar-refractivity contribution in [3.63, 3.8) is 0 Å². The minimum absolute atomic E-state index is 0.0512. The van der Waals surface area contributed by atoms with Gasteiger partial charge in [-0.15, -0.1) is 0 Å². The molecule has 1 aromatic rings. The predicted octanol–water partition coefficient (Wildman–Crippen LogP) is 1.83. The van der Waals surface area contributed by atoms with Crippen LogP contribution in [0.5, 0.6) is 0 Å². The van der Waals surface area contributed by atoms with Crippen LogP contribution in [0.3, 0.4) is 0 Å². The monoisotopic (exact) mass is 273 g/mol. The zero-order valence-corrected chi connectivity index (χ0v) is 10.6. The van der Waals surface area contributed by atoms with E-state index in [1.54, 1.807) is 10.9 Å². The number of Topliss-reactive ketones (excluding diaryl/α,β-unsaturated/α-hetero) is 1. The number of nitrogens with two attached hydrogens (primary N) is 1. The Kier molecular flexibility index (Phi) is 4.47. The van der Waals surface area contributed by atoms with E-state index < -0.39 is 0 Å². The summed E-state index contributed by atoms with van der Waals surface area (Å²) in [5.41, 5.74) is 6.12. The molecule has 0 saturated carbocycles. The molecule has 0 aliphatic heterocycles. The summed E-state index contributed by atoms with van der Waals surface area (Å²) in [4.78, 5) is 12.0. The van der Waals surface area contributed by atoms with Gasteiger partial charge in [0.05, 0.1) is 10.7 Å². The first kappa shape index (κ1) is 12.4. The zero-order chi connectivity index (χ0) is 11.4. The second-order valence-corrected chi connectivity index (χ2v) is 4.42. The van der Waals surface area contributed by atoms with Gasteiger partial charge in [0, 0.05) is 19.0 Å². The van der Waals surface area contributed by atoms with Gasteiger partial charge >= 0.3 is 0 Å². The molecule has 1 aromatic heterocycles. The van der Waals surface area contributed by atoms with Crippen LogP contribution in [0.1, 0.15) is 30.8 Å². The molecule has 0 aliphatic carbocycles. The first-order chi connectivity index (χ1) is 7.11. The third-order valence-electron chi connectivity index (χ3n) is 2.26. The number of hydrogen-bond donors (Lipinski definition) is 1. The van der Waals surface area contributed by atoms with Crippen LogP contribution in [-0.2, 0) is 6.54 Å². The molecule has 1 heterocycles. The minimum atomic E-state index is -0.159. The molecule has 0 aliphatic rings. The highest BCUT2D eigenvalue weighted by molar-refractivity contribution is 9.10. The smallest absolute Gasteiger partial charge is 0.186 e. The van der Waals surface area contributed by atoms with Crippen LogP contribution in [0, 0.1) is 5.92 Å². The molecule has 0 aromatic carbocycles. The lowest BCUT2D eigenvalue weighted by Crippen LogP contribution is -2.23. The molecule has 5 heteroatoms. The van der Waals surface area contributed by atoms with Crippen LogP contribution in [0.25, 0.3) is 0 Å². The minimum Gasteiger partial charge on any atom is -0.330 e. The molecule has 0 fully saturated rings. The van der Waals surface area contributed by atoms with Crippen molar-refractivity contribution in [3.8, 4) is 0 Å². The number of aromatic nitrogens is 2. The van der Waals surface area contributed by atoms with E-state index >= 15 is 0 Å². The topological polar surface area (TPSA) is 60.9 Å². The van der Waals surface area contributed by atoms with Gasteiger partial charge in [0.25, 0.3) is 0 Å². The predicted molar refractivity (Wildman–Crippen MR) is 62.8 cm³/mol. The maximum Gasteiger partial charge on any atom is 0.186 e.